The average molecular weight is 392 g/mol. The van der Waals surface area contributed by atoms with Gasteiger partial charge in [0.25, 0.3) is 0 Å². The van der Waals surface area contributed by atoms with Crippen molar-refractivity contribution in [3.05, 3.63) is 45.3 Å². The Bertz CT molecular complexity index is 871. The van der Waals surface area contributed by atoms with Crippen LogP contribution in [-0.2, 0) is 14.3 Å². The lowest BCUT2D eigenvalue weighted by molar-refractivity contribution is -0.138. The van der Waals surface area contributed by atoms with Crippen molar-refractivity contribution >= 4 is 23.4 Å². The molecule has 6 nitrogen and oxygen atoms in total. The van der Waals surface area contributed by atoms with Crippen LogP contribution in [0.5, 0.6) is 11.5 Å². The second-order valence-electron chi connectivity index (χ2n) is 6.53. The van der Waals surface area contributed by atoms with E-state index in [1.165, 1.54) is 13.2 Å². The summed E-state index contributed by atoms with van der Waals surface area (Å²) < 4.78 is 10.5. The van der Waals surface area contributed by atoms with Gasteiger partial charge in [0, 0.05) is 40.4 Å². The van der Waals surface area contributed by atoms with E-state index in [2.05, 4.69) is 5.32 Å². The van der Waals surface area contributed by atoms with Gasteiger partial charge in [-0.1, -0.05) is 11.6 Å². The van der Waals surface area contributed by atoms with Crippen molar-refractivity contribution in [3.8, 4) is 11.5 Å². The lowest BCUT2D eigenvalue weighted by Gasteiger charge is -2.34. The van der Waals surface area contributed by atoms with Gasteiger partial charge < -0.3 is 19.9 Å². The quantitative estimate of drug-likeness (QED) is 0.763. The Balaban J connectivity index is 2.25. The highest BCUT2D eigenvalue weighted by Gasteiger charge is 2.40. The van der Waals surface area contributed by atoms with E-state index >= 15 is 0 Å². The fraction of sp³-hybridized carbons (Fsp3) is 0.400. The number of benzene rings is 1. The van der Waals surface area contributed by atoms with Crippen molar-refractivity contribution < 1.29 is 24.2 Å². The highest BCUT2D eigenvalue weighted by molar-refractivity contribution is 6.32. The third-order valence-electron chi connectivity index (χ3n) is 4.88. The third-order valence-corrected chi connectivity index (χ3v) is 5.21. The zero-order valence-corrected chi connectivity index (χ0v) is 16.3. The third kappa shape index (κ3) is 3.41. The van der Waals surface area contributed by atoms with Crippen LogP contribution in [0.2, 0.25) is 5.02 Å². The number of phenols is 1. The van der Waals surface area contributed by atoms with Crippen LogP contribution in [0.15, 0.2) is 34.7 Å². The molecule has 1 aliphatic heterocycles. The number of aromatic hydroxyl groups is 1. The monoisotopic (exact) mass is 391 g/mol. The summed E-state index contributed by atoms with van der Waals surface area (Å²) in [6.45, 7) is 3.73. The molecule has 144 valence electrons. The van der Waals surface area contributed by atoms with Crippen molar-refractivity contribution in [2.24, 2.45) is 0 Å². The van der Waals surface area contributed by atoms with Crippen LogP contribution in [0.3, 0.4) is 0 Å². The fourth-order valence-electron chi connectivity index (χ4n) is 3.72. The summed E-state index contributed by atoms with van der Waals surface area (Å²) in [5.74, 6) is -1.08. The molecule has 3 rings (SSSR count). The maximum Gasteiger partial charge on any atom is 0.336 e. The molecule has 0 amide bonds. The minimum Gasteiger partial charge on any atom is -0.504 e. The van der Waals surface area contributed by atoms with Crippen LogP contribution in [0.4, 0.5) is 0 Å². The van der Waals surface area contributed by atoms with Gasteiger partial charge >= 0.3 is 5.97 Å². The van der Waals surface area contributed by atoms with E-state index in [-0.39, 0.29) is 28.9 Å². The van der Waals surface area contributed by atoms with Crippen LogP contribution < -0.4 is 10.1 Å². The average Bonchev–Trinajstić information content (AvgIpc) is 2.61. The molecule has 2 N–H and O–H groups in total. The summed E-state index contributed by atoms with van der Waals surface area (Å²) in [6.07, 6.45) is 1.89. The van der Waals surface area contributed by atoms with E-state index in [4.69, 9.17) is 21.1 Å². The van der Waals surface area contributed by atoms with Gasteiger partial charge in [0.15, 0.2) is 17.3 Å². The van der Waals surface area contributed by atoms with Crippen molar-refractivity contribution in [1.29, 1.82) is 0 Å². The van der Waals surface area contributed by atoms with E-state index in [1.807, 2.05) is 0 Å². The molecule has 0 fully saturated rings. The van der Waals surface area contributed by atoms with Crippen LogP contribution >= 0.6 is 11.6 Å². The van der Waals surface area contributed by atoms with Gasteiger partial charge in [-0.05, 0) is 38.3 Å². The van der Waals surface area contributed by atoms with E-state index in [0.717, 1.165) is 18.5 Å². The maximum atomic E-state index is 12.8. The zero-order valence-electron chi connectivity index (χ0n) is 15.5. The Kier molecular flexibility index (Phi) is 5.46. The summed E-state index contributed by atoms with van der Waals surface area (Å²) in [6, 6.07) is 2.94. The van der Waals surface area contributed by atoms with Crippen molar-refractivity contribution in [2.75, 3.05) is 13.7 Å². The molecule has 1 heterocycles. The molecule has 0 bridgehead atoms. The molecular weight excluding hydrogens is 370 g/mol. The predicted octanol–water partition coefficient (Wildman–Crippen LogP) is 3.59. The summed E-state index contributed by atoms with van der Waals surface area (Å²) in [4.78, 5) is 25.5. The van der Waals surface area contributed by atoms with E-state index < -0.39 is 11.9 Å². The number of allylic oxidation sites excluding steroid dienone is 3. The standard InChI is InChI=1S/C20H22ClNO5/c1-4-27-20(25)17-10(2)22-13-6-5-7-14(23)19(13)18(17)11-8-16(26-3)15(24)9-12(11)21/h8-9,18,22,24H,4-7H2,1-3H3/t18-/m1/s1. The highest BCUT2D eigenvalue weighted by atomic mass is 35.5. The molecule has 1 aliphatic carbocycles. The first-order chi connectivity index (χ1) is 12.9. The Labute approximate surface area is 162 Å². The Hall–Kier alpha value is -2.47. The Morgan fingerprint density at radius 2 is 2.11 bits per heavy atom. The number of hydrogen-bond acceptors (Lipinski definition) is 6. The number of carbonyl (C=O) groups excluding carboxylic acids is 2. The number of ether oxygens (including phenoxy) is 2. The molecule has 0 saturated carbocycles. The van der Waals surface area contributed by atoms with Gasteiger partial charge in [0.2, 0.25) is 0 Å². The van der Waals surface area contributed by atoms with Crippen LogP contribution in [0.25, 0.3) is 0 Å². The molecule has 0 radical (unpaired) electrons. The first-order valence-corrected chi connectivity index (χ1v) is 9.24. The number of dihydropyridines is 1. The van der Waals surface area contributed by atoms with E-state index in [9.17, 15) is 14.7 Å². The number of rotatable bonds is 4. The number of hydrogen-bond donors (Lipinski definition) is 2. The first-order valence-electron chi connectivity index (χ1n) is 8.86. The SMILES string of the molecule is CCOC(=O)C1=C(C)NC2=C(C(=O)CCC2)[C@@H]1c1cc(OC)c(O)cc1Cl. The first kappa shape index (κ1) is 19.3. The van der Waals surface area contributed by atoms with Crippen molar-refractivity contribution in [3.63, 3.8) is 0 Å². The van der Waals surface area contributed by atoms with Crippen LogP contribution in [0.1, 0.15) is 44.6 Å². The Morgan fingerprint density at radius 1 is 1.37 bits per heavy atom. The highest BCUT2D eigenvalue weighted by Crippen LogP contribution is 2.46. The maximum absolute atomic E-state index is 12.8. The van der Waals surface area contributed by atoms with Crippen LogP contribution in [-0.4, -0.2) is 30.6 Å². The molecule has 2 aliphatic rings. The van der Waals surface area contributed by atoms with Crippen LogP contribution in [0, 0.1) is 0 Å². The molecule has 0 aromatic heterocycles. The zero-order chi connectivity index (χ0) is 19.7. The minimum absolute atomic E-state index is 0.0221. The molecule has 1 atom stereocenters. The summed E-state index contributed by atoms with van der Waals surface area (Å²) in [7, 11) is 1.43. The van der Waals surface area contributed by atoms with Gasteiger partial charge in [-0.15, -0.1) is 0 Å². The summed E-state index contributed by atoms with van der Waals surface area (Å²) in [5, 5.41) is 13.5. The van der Waals surface area contributed by atoms with Crippen molar-refractivity contribution in [1.82, 2.24) is 5.32 Å². The minimum atomic E-state index is -0.671. The number of nitrogens with one attached hydrogen (secondary N) is 1. The van der Waals surface area contributed by atoms with Gasteiger partial charge in [0.1, 0.15) is 0 Å². The number of halogens is 1. The molecule has 7 heteroatoms. The normalized spacial score (nSPS) is 19.6. The molecule has 1 aromatic carbocycles. The lowest BCUT2D eigenvalue weighted by atomic mass is 9.75. The second kappa shape index (κ2) is 7.64. The number of methoxy groups -OCH3 is 1. The molecule has 0 saturated heterocycles. The van der Waals surface area contributed by atoms with E-state index in [1.54, 1.807) is 19.9 Å². The molecule has 27 heavy (non-hydrogen) atoms. The lowest BCUT2D eigenvalue weighted by Crippen LogP contribution is -2.34. The molecular formula is C20H22ClNO5. The molecule has 1 aromatic rings. The Morgan fingerprint density at radius 3 is 2.78 bits per heavy atom. The van der Waals surface area contributed by atoms with Gasteiger partial charge in [0.05, 0.1) is 19.3 Å². The fourth-order valence-corrected chi connectivity index (χ4v) is 3.98. The smallest absolute Gasteiger partial charge is 0.336 e. The second-order valence-corrected chi connectivity index (χ2v) is 6.94. The topological polar surface area (TPSA) is 84.9 Å². The number of Topliss-reactive ketones (excluding diaryl/α,β-unsaturated/α-hetero) is 1. The predicted molar refractivity (Wildman–Crippen MR) is 101 cm³/mol. The number of esters is 1. The summed E-state index contributed by atoms with van der Waals surface area (Å²) in [5.41, 5.74) is 2.85. The molecule has 0 spiro atoms. The van der Waals surface area contributed by atoms with Gasteiger partial charge in [-0.25, -0.2) is 4.79 Å². The van der Waals surface area contributed by atoms with Gasteiger partial charge in [-0.3, -0.25) is 4.79 Å². The summed E-state index contributed by atoms with van der Waals surface area (Å²) >= 11 is 6.42. The number of carbonyl (C=O) groups is 2. The van der Waals surface area contributed by atoms with Gasteiger partial charge in [-0.2, -0.15) is 0 Å². The number of phenolic OH excluding ortho intramolecular Hbond substituents is 1. The van der Waals surface area contributed by atoms with E-state index in [0.29, 0.717) is 28.8 Å². The van der Waals surface area contributed by atoms with Crippen molar-refractivity contribution in [2.45, 2.75) is 39.0 Å². The largest absolute Gasteiger partial charge is 0.504 e. The molecule has 0 unspecified atom stereocenters. The number of ketones is 1.